The van der Waals surface area contributed by atoms with Crippen molar-refractivity contribution in [3.8, 4) is 0 Å². The van der Waals surface area contributed by atoms with Crippen LogP contribution in [0.3, 0.4) is 0 Å². The Bertz CT molecular complexity index is 801. The first-order valence-electron chi connectivity index (χ1n) is 8.41. The summed E-state index contributed by atoms with van der Waals surface area (Å²) in [5.41, 5.74) is -0.157. The molecule has 2 rings (SSSR count). The third-order valence-electron chi connectivity index (χ3n) is 3.95. The third-order valence-corrected chi connectivity index (χ3v) is 3.95. The zero-order valence-electron chi connectivity index (χ0n) is 14.5. The Morgan fingerprint density at radius 3 is 2.42 bits per heavy atom. The standard InChI is InChI=1S/C16H26N4O4/c1-4-5-7-20-15(23)13-14(17-10-18(13)9-12(3)22)19(16(20)24)8-6-11(2)21/h10-12,21-22H,4-9H2,1-3H3. The third kappa shape index (κ3) is 3.76. The summed E-state index contributed by atoms with van der Waals surface area (Å²) in [6.45, 7) is 6.14. The smallest absolute Gasteiger partial charge is 0.332 e. The predicted octanol–water partition coefficient (Wildman–Crippen LogP) is 0.311. The van der Waals surface area contributed by atoms with Gasteiger partial charge in [-0.15, -0.1) is 0 Å². The van der Waals surface area contributed by atoms with Gasteiger partial charge in [0.15, 0.2) is 11.2 Å². The van der Waals surface area contributed by atoms with Gasteiger partial charge in [-0.1, -0.05) is 13.3 Å². The van der Waals surface area contributed by atoms with Crippen molar-refractivity contribution in [1.29, 1.82) is 0 Å². The van der Waals surface area contributed by atoms with Crippen molar-refractivity contribution in [2.24, 2.45) is 0 Å². The topological polar surface area (TPSA) is 102 Å². The van der Waals surface area contributed by atoms with Crippen LogP contribution in [-0.4, -0.2) is 41.1 Å². The molecule has 0 aliphatic carbocycles. The summed E-state index contributed by atoms with van der Waals surface area (Å²) in [5, 5.41) is 19.1. The number of rotatable bonds is 8. The number of aryl methyl sites for hydroxylation is 1. The van der Waals surface area contributed by atoms with E-state index in [1.54, 1.807) is 18.4 Å². The van der Waals surface area contributed by atoms with E-state index in [0.717, 1.165) is 12.8 Å². The molecule has 0 aliphatic heterocycles. The second-order valence-corrected chi connectivity index (χ2v) is 6.30. The molecule has 24 heavy (non-hydrogen) atoms. The number of aromatic nitrogens is 4. The van der Waals surface area contributed by atoms with E-state index in [4.69, 9.17) is 0 Å². The summed E-state index contributed by atoms with van der Waals surface area (Å²) >= 11 is 0. The highest BCUT2D eigenvalue weighted by molar-refractivity contribution is 5.70. The van der Waals surface area contributed by atoms with E-state index in [2.05, 4.69) is 4.98 Å². The maximum absolute atomic E-state index is 12.8. The van der Waals surface area contributed by atoms with Crippen LogP contribution in [0.5, 0.6) is 0 Å². The van der Waals surface area contributed by atoms with Gasteiger partial charge < -0.3 is 14.8 Å². The molecular weight excluding hydrogens is 312 g/mol. The average Bonchev–Trinajstić information content (AvgIpc) is 2.89. The number of hydrogen-bond acceptors (Lipinski definition) is 5. The molecule has 8 heteroatoms. The molecule has 2 aromatic heterocycles. The van der Waals surface area contributed by atoms with Crippen LogP contribution in [0.4, 0.5) is 0 Å². The van der Waals surface area contributed by atoms with Crippen LogP contribution in [0, 0.1) is 0 Å². The molecule has 2 atom stereocenters. The number of nitrogens with zero attached hydrogens (tertiary/aromatic N) is 4. The van der Waals surface area contributed by atoms with Crippen LogP contribution in [0.2, 0.25) is 0 Å². The molecule has 2 N–H and O–H groups in total. The maximum atomic E-state index is 12.8. The van der Waals surface area contributed by atoms with E-state index >= 15 is 0 Å². The Labute approximate surface area is 140 Å². The molecule has 2 heterocycles. The molecule has 0 saturated carbocycles. The summed E-state index contributed by atoms with van der Waals surface area (Å²) in [6, 6.07) is 0. The Hall–Kier alpha value is -1.93. The van der Waals surface area contributed by atoms with Gasteiger partial charge in [-0.3, -0.25) is 13.9 Å². The van der Waals surface area contributed by atoms with E-state index in [9.17, 15) is 19.8 Å². The number of unbranched alkanes of at least 4 members (excludes halogenated alkanes) is 1. The van der Waals surface area contributed by atoms with Gasteiger partial charge in [-0.2, -0.15) is 0 Å². The number of aliphatic hydroxyl groups excluding tert-OH is 2. The summed E-state index contributed by atoms with van der Waals surface area (Å²) in [5.74, 6) is 0. The SMILES string of the molecule is CCCCn1c(=O)c2c(ncn2CC(C)O)n(CCC(C)O)c1=O. The molecule has 0 aliphatic rings. The van der Waals surface area contributed by atoms with Crippen molar-refractivity contribution < 1.29 is 10.2 Å². The summed E-state index contributed by atoms with van der Waals surface area (Å²) in [4.78, 5) is 29.7. The summed E-state index contributed by atoms with van der Waals surface area (Å²) < 4.78 is 4.26. The number of fused-ring (bicyclic) bond motifs is 1. The monoisotopic (exact) mass is 338 g/mol. The minimum absolute atomic E-state index is 0.230. The first kappa shape index (κ1) is 18.4. The van der Waals surface area contributed by atoms with Crippen LogP contribution in [0.15, 0.2) is 15.9 Å². The van der Waals surface area contributed by atoms with E-state index in [0.29, 0.717) is 24.1 Å². The number of imidazole rings is 1. The summed E-state index contributed by atoms with van der Waals surface area (Å²) in [7, 11) is 0. The fraction of sp³-hybridized carbons (Fsp3) is 0.688. The first-order chi connectivity index (χ1) is 11.4. The molecule has 2 unspecified atom stereocenters. The van der Waals surface area contributed by atoms with Crippen LogP contribution in [0.25, 0.3) is 11.2 Å². The van der Waals surface area contributed by atoms with Gasteiger partial charge in [0, 0.05) is 13.1 Å². The van der Waals surface area contributed by atoms with Gasteiger partial charge in [-0.05, 0) is 26.7 Å². The molecule has 0 spiro atoms. The number of aliphatic hydroxyl groups is 2. The average molecular weight is 338 g/mol. The fourth-order valence-corrected chi connectivity index (χ4v) is 2.69. The highest BCUT2D eigenvalue weighted by Gasteiger charge is 2.18. The predicted molar refractivity (Wildman–Crippen MR) is 91.1 cm³/mol. The van der Waals surface area contributed by atoms with Gasteiger partial charge in [0.2, 0.25) is 0 Å². The van der Waals surface area contributed by atoms with Crippen LogP contribution in [-0.2, 0) is 19.6 Å². The van der Waals surface area contributed by atoms with Gasteiger partial charge >= 0.3 is 5.69 Å². The normalized spacial score (nSPS) is 14.2. The maximum Gasteiger partial charge on any atom is 0.332 e. The van der Waals surface area contributed by atoms with Crippen molar-refractivity contribution in [3.63, 3.8) is 0 Å². The Morgan fingerprint density at radius 2 is 1.83 bits per heavy atom. The van der Waals surface area contributed by atoms with Gasteiger partial charge in [0.1, 0.15) is 0 Å². The van der Waals surface area contributed by atoms with Crippen LogP contribution < -0.4 is 11.2 Å². The largest absolute Gasteiger partial charge is 0.393 e. The van der Waals surface area contributed by atoms with Crippen molar-refractivity contribution >= 4 is 11.2 Å². The van der Waals surface area contributed by atoms with Crippen molar-refractivity contribution in [2.45, 2.75) is 71.9 Å². The first-order valence-corrected chi connectivity index (χ1v) is 8.41. The van der Waals surface area contributed by atoms with Crippen molar-refractivity contribution in [1.82, 2.24) is 18.7 Å². The molecule has 2 aromatic rings. The van der Waals surface area contributed by atoms with Crippen LogP contribution in [0.1, 0.15) is 40.0 Å². The lowest BCUT2D eigenvalue weighted by Crippen LogP contribution is -2.41. The molecule has 0 bridgehead atoms. The van der Waals surface area contributed by atoms with Crippen molar-refractivity contribution in [2.75, 3.05) is 0 Å². The lowest BCUT2D eigenvalue weighted by Gasteiger charge is -2.13. The molecule has 0 radical (unpaired) electrons. The molecular formula is C16H26N4O4. The van der Waals surface area contributed by atoms with Gasteiger partial charge in [0.25, 0.3) is 5.56 Å². The Balaban J connectivity index is 2.66. The highest BCUT2D eigenvalue weighted by atomic mass is 16.3. The van der Waals surface area contributed by atoms with Crippen LogP contribution >= 0.6 is 0 Å². The minimum Gasteiger partial charge on any atom is -0.393 e. The molecule has 134 valence electrons. The molecule has 0 aromatic carbocycles. The molecule has 8 nitrogen and oxygen atoms in total. The quantitative estimate of drug-likeness (QED) is 0.721. The lowest BCUT2D eigenvalue weighted by molar-refractivity contribution is 0.175. The van der Waals surface area contributed by atoms with E-state index in [-0.39, 0.29) is 18.6 Å². The van der Waals surface area contributed by atoms with Gasteiger partial charge in [0.05, 0.1) is 25.1 Å². The second kappa shape index (κ2) is 7.76. The van der Waals surface area contributed by atoms with Crippen molar-refractivity contribution in [3.05, 3.63) is 27.2 Å². The van der Waals surface area contributed by atoms with Gasteiger partial charge in [-0.25, -0.2) is 9.78 Å². The molecule has 0 fully saturated rings. The van der Waals surface area contributed by atoms with E-state index < -0.39 is 17.9 Å². The lowest BCUT2D eigenvalue weighted by atomic mass is 10.3. The van der Waals surface area contributed by atoms with E-state index in [1.165, 1.54) is 15.5 Å². The number of hydrogen-bond donors (Lipinski definition) is 2. The minimum atomic E-state index is -0.635. The summed E-state index contributed by atoms with van der Waals surface area (Å²) in [6.07, 6.45) is 2.27. The zero-order valence-corrected chi connectivity index (χ0v) is 14.5. The second-order valence-electron chi connectivity index (χ2n) is 6.30. The van der Waals surface area contributed by atoms with E-state index in [1.807, 2.05) is 6.92 Å². The Morgan fingerprint density at radius 1 is 1.12 bits per heavy atom. The fourth-order valence-electron chi connectivity index (χ4n) is 2.69. The highest BCUT2D eigenvalue weighted by Crippen LogP contribution is 2.09. The molecule has 0 saturated heterocycles. The Kier molecular flexibility index (Phi) is 5.95. The molecule has 0 amide bonds. The zero-order chi connectivity index (χ0) is 17.9.